The summed E-state index contributed by atoms with van der Waals surface area (Å²) in [5.41, 5.74) is -1.13. The van der Waals surface area contributed by atoms with Gasteiger partial charge in [0.1, 0.15) is 10.7 Å². The molecule has 0 heterocycles. The van der Waals surface area contributed by atoms with Crippen LogP contribution in [-0.2, 0) is 15.6 Å². The van der Waals surface area contributed by atoms with E-state index >= 15 is 0 Å². The van der Waals surface area contributed by atoms with Crippen LogP contribution >= 0.6 is 15.9 Å². The zero-order valence-electron chi connectivity index (χ0n) is 8.96. The Morgan fingerprint density at radius 2 is 1.94 bits per heavy atom. The summed E-state index contributed by atoms with van der Waals surface area (Å²) in [7, 11) is -4.99. The van der Waals surface area contributed by atoms with Crippen LogP contribution in [0, 0.1) is 17.1 Å². The van der Waals surface area contributed by atoms with Crippen LogP contribution < -0.4 is 0 Å². The molecule has 0 radical (unpaired) electrons. The van der Waals surface area contributed by atoms with Crippen LogP contribution in [0.3, 0.4) is 0 Å². The first kappa shape index (κ1) is 14.1. The molecule has 0 N–H and O–H groups in total. The van der Waals surface area contributed by atoms with E-state index in [4.69, 9.17) is 5.26 Å². The van der Waals surface area contributed by atoms with Crippen molar-refractivity contribution in [3.05, 3.63) is 28.0 Å². The molecule has 0 saturated heterocycles. The van der Waals surface area contributed by atoms with Crippen molar-refractivity contribution >= 4 is 26.2 Å². The van der Waals surface area contributed by atoms with E-state index < -0.39 is 26.4 Å². The first-order chi connectivity index (χ1) is 7.59. The van der Waals surface area contributed by atoms with Crippen LogP contribution in [-0.4, -0.2) is 8.42 Å². The number of nitriles is 1. The van der Waals surface area contributed by atoms with Gasteiger partial charge in [0.05, 0.1) is 11.5 Å². The minimum Gasteiger partial charge on any atom is -0.207 e. The van der Waals surface area contributed by atoms with Crippen LogP contribution in [0.5, 0.6) is 0 Å². The van der Waals surface area contributed by atoms with Gasteiger partial charge in [0.2, 0.25) is 0 Å². The first-order valence-electron chi connectivity index (χ1n) is 4.45. The molecule has 0 unspecified atom stereocenters. The number of benzene rings is 1. The highest BCUT2D eigenvalue weighted by molar-refractivity contribution is 9.10. The maximum Gasteiger partial charge on any atom is 0.333 e. The molecule has 0 aliphatic heterocycles. The lowest BCUT2D eigenvalue weighted by atomic mass is 9.86. The molecule has 0 saturated carbocycles. The molecule has 0 aromatic heterocycles. The SMILES string of the molecule is CC(C)(C#N)c1cc(Br)c(S(=O)(=O)F)cc1F. The van der Waals surface area contributed by atoms with Crippen LogP contribution in [0.1, 0.15) is 19.4 Å². The third-order valence-electron chi connectivity index (χ3n) is 2.24. The minimum absolute atomic E-state index is 0.000671. The molecule has 0 amide bonds. The molecule has 0 fully saturated rings. The van der Waals surface area contributed by atoms with Crippen molar-refractivity contribution in [2.45, 2.75) is 24.2 Å². The fourth-order valence-corrected chi connectivity index (χ4v) is 2.71. The third kappa shape index (κ3) is 2.82. The van der Waals surface area contributed by atoms with Gasteiger partial charge >= 0.3 is 10.2 Å². The Morgan fingerprint density at radius 3 is 2.35 bits per heavy atom. The van der Waals surface area contributed by atoms with E-state index in [2.05, 4.69) is 15.9 Å². The Balaban J connectivity index is 3.56. The van der Waals surface area contributed by atoms with E-state index in [0.29, 0.717) is 6.07 Å². The molecule has 1 rings (SSSR count). The molecule has 17 heavy (non-hydrogen) atoms. The number of nitrogens with zero attached hydrogens (tertiary/aromatic N) is 1. The second-order valence-electron chi connectivity index (χ2n) is 3.94. The average Bonchev–Trinajstić information content (AvgIpc) is 2.19. The second kappa shape index (κ2) is 4.35. The highest BCUT2D eigenvalue weighted by Crippen LogP contribution is 2.32. The highest BCUT2D eigenvalue weighted by Gasteiger charge is 2.27. The van der Waals surface area contributed by atoms with Crippen molar-refractivity contribution < 1.29 is 16.7 Å². The van der Waals surface area contributed by atoms with Gasteiger partial charge in [-0.3, -0.25) is 0 Å². The van der Waals surface area contributed by atoms with Crippen molar-refractivity contribution in [1.29, 1.82) is 5.26 Å². The maximum absolute atomic E-state index is 13.6. The summed E-state index contributed by atoms with van der Waals surface area (Å²) in [5.74, 6) is -0.934. The Bertz CT molecular complexity index is 605. The quantitative estimate of drug-likeness (QED) is 0.786. The summed E-state index contributed by atoms with van der Waals surface area (Å²) >= 11 is 2.84. The average molecular weight is 324 g/mol. The normalized spacial score (nSPS) is 12.2. The van der Waals surface area contributed by atoms with Gasteiger partial charge < -0.3 is 0 Å². The Morgan fingerprint density at radius 1 is 1.41 bits per heavy atom. The van der Waals surface area contributed by atoms with E-state index in [-0.39, 0.29) is 10.0 Å². The number of hydrogen-bond donors (Lipinski definition) is 0. The molecular weight excluding hydrogens is 316 g/mol. The summed E-state index contributed by atoms with van der Waals surface area (Å²) in [5, 5.41) is 8.87. The molecule has 1 aromatic carbocycles. The predicted molar refractivity (Wildman–Crippen MR) is 61.0 cm³/mol. The van der Waals surface area contributed by atoms with E-state index in [1.807, 2.05) is 6.07 Å². The van der Waals surface area contributed by atoms with E-state index in [1.54, 1.807) is 0 Å². The molecule has 0 atom stereocenters. The molecule has 0 bridgehead atoms. The lowest BCUT2D eigenvalue weighted by Gasteiger charge is -2.17. The third-order valence-corrected chi connectivity index (χ3v) is 4.02. The highest BCUT2D eigenvalue weighted by atomic mass is 79.9. The van der Waals surface area contributed by atoms with Gasteiger partial charge in [0, 0.05) is 10.0 Å². The van der Waals surface area contributed by atoms with Gasteiger partial charge in [-0.1, -0.05) is 0 Å². The van der Waals surface area contributed by atoms with E-state index in [1.165, 1.54) is 13.8 Å². The molecule has 7 heteroatoms. The van der Waals surface area contributed by atoms with Crippen LogP contribution in [0.25, 0.3) is 0 Å². The van der Waals surface area contributed by atoms with Gasteiger partial charge in [-0.2, -0.15) is 13.7 Å². The molecular formula is C10H8BrF2NO2S. The number of hydrogen-bond acceptors (Lipinski definition) is 3. The van der Waals surface area contributed by atoms with Crippen molar-refractivity contribution in [2.24, 2.45) is 0 Å². The Hall–Kier alpha value is -1.00. The fourth-order valence-electron chi connectivity index (χ4n) is 1.25. The summed E-state index contributed by atoms with van der Waals surface area (Å²) in [4.78, 5) is -0.785. The minimum atomic E-state index is -4.99. The van der Waals surface area contributed by atoms with Gasteiger partial charge in [0.25, 0.3) is 0 Å². The zero-order valence-corrected chi connectivity index (χ0v) is 11.4. The maximum atomic E-state index is 13.6. The second-order valence-corrected chi connectivity index (χ2v) is 6.11. The first-order valence-corrected chi connectivity index (χ1v) is 6.62. The van der Waals surface area contributed by atoms with Crippen LogP contribution in [0.2, 0.25) is 0 Å². The van der Waals surface area contributed by atoms with Crippen LogP contribution in [0.4, 0.5) is 8.28 Å². The summed E-state index contributed by atoms with van der Waals surface area (Å²) in [6, 6.07) is 3.55. The van der Waals surface area contributed by atoms with Gasteiger partial charge in [-0.15, -0.1) is 3.89 Å². The summed E-state index contributed by atoms with van der Waals surface area (Å²) in [6.45, 7) is 2.95. The molecule has 0 aliphatic carbocycles. The zero-order chi connectivity index (χ0) is 13.4. The smallest absolute Gasteiger partial charge is 0.207 e. The monoisotopic (exact) mass is 323 g/mol. The molecule has 3 nitrogen and oxygen atoms in total. The van der Waals surface area contributed by atoms with Crippen molar-refractivity contribution in [2.75, 3.05) is 0 Å². The van der Waals surface area contributed by atoms with Crippen molar-refractivity contribution in [3.8, 4) is 6.07 Å². The van der Waals surface area contributed by atoms with Crippen molar-refractivity contribution in [3.63, 3.8) is 0 Å². The Labute approximate surface area is 106 Å². The van der Waals surface area contributed by atoms with Crippen LogP contribution in [0.15, 0.2) is 21.5 Å². The Kier molecular flexibility index (Phi) is 3.60. The summed E-state index contributed by atoms with van der Waals surface area (Å²) in [6.07, 6.45) is 0. The summed E-state index contributed by atoms with van der Waals surface area (Å²) < 4.78 is 47.7. The number of halogens is 3. The largest absolute Gasteiger partial charge is 0.333 e. The topological polar surface area (TPSA) is 57.9 Å². The predicted octanol–water partition coefficient (Wildman–Crippen LogP) is 3.05. The lowest BCUT2D eigenvalue weighted by molar-refractivity contribution is 0.540. The van der Waals surface area contributed by atoms with Gasteiger partial charge in [-0.25, -0.2) is 4.39 Å². The van der Waals surface area contributed by atoms with E-state index in [0.717, 1.165) is 6.07 Å². The van der Waals surface area contributed by atoms with Gasteiger partial charge in [0.15, 0.2) is 0 Å². The van der Waals surface area contributed by atoms with Crippen molar-refractivity contribution in [1.82, 2.24) is 0 Å². The molecule has 92 valence electrons. The fraction of sp³-hybridized carbons (Fsp3) is 0.300. The standard InChI is InChI=1S/C10H8BrF2NO2S/c1-10(2,5-14)6-3-7(11)9(4-8(6)12)17(13,15)16/h3-4H,1-2H3. The number of rotatable bonds is 2. The molecule has 1 aromatic rings. The van der Waals surface area contributed by atoms with E-state index in [9.17, 15) is 16.7 Å². The molecule has 0 spiro atoms. The molecule has 0 aliphatic rings. The lowest BCUT2D eigenvalue weighted by Crippen LogP contribution is -2.16. The van der Waals surface area contributed by atoms with Gasteiger partial charge in [-0.05, 0) is 41.9 Å².